The first-order valence-electron chi connectivity index (χ1n) is 19.0. The van der Waals surface area contributed by atoms with E-state index in [1.54, 1.807) is 170 Å². The highest BCUT2D eigenvalue weighted by Crippen LogP contribution is 2.73. The molecule has 288 valence electrons. The number of aliphatic hydroxyl groups is 6. The summed E-state index contributed by atoms with van der Waals surface area (Å²) in [5.74, 6) is 0. The van der Waals surface area contributed by atoms with Gasteiger partial charge in [0, 0.05) is 38.0 Å². The summed E-state index contributed by atoms with van der Waals surface area (Å²) in [7, 11) is -4.55. The summed E-state index contributed by atoms with van der Waals surface area (Å²) in [5.41, 5.74) is -8.53. The molecular weight excluding hydrogens is 719 g/mol. The maximum Gasteiger partial charge on any atom is 0.178 e. The first-order chi connectivity index (χ1) is 26.9. The fourth-order valence-corrected chi connectivity index (χ4v) is 12.9. The maximum atomic E-state index is 16.6. The molecule has 6 N–H and O–H groups in total. The molecule has 0 heterocycles. The van der Waals surface area contributed by atoms with E-state index in [0.29, 0.717) is 33.4 Å². The Bertz CT molecular complexity index is 2180. The summed E-state index contributed by atoms with van der Waals surface area (Å²) >= 11 is 0. The highest BCUT2D eigenvalue weighted by atomic mass is 31.2. The Morgan fingerprint density at radius 2 is 0.643 bits per heavy atom. The summed E-state index contributed by atoms with van der Waals surface area (Å²) in [5, 5.41) is 79.3. The summed E-state index contributed by atoms with van der Waals surface area (Å²) in [6.07, 6.45) is -5.07. The van der Waals surface area contributed by atoms with Crippen LogP contribution in [-0.4, -0.2) is 64.5 Å². The molecule has 0 aromatic heterocycles. The van der Waals surface area contributed by atoms with Gasteiger partial charge >= 0.3 is 0 Å². The van der Waals surface area contributed by atoms with Crippen LogP contribution in [0.5, 0.6) is 0 Å². The molecule has 56 heavy (non-hydrogen) atoms. The van der Waals surface area contributed by atoms with Crippen molar-refractivity contribution in [1.82, 2.24) is 0 Å². The van der Waals surface area contributed by atoms with Crippen molar-refractivity contribution >= 4 is 7.14 Å². The predicted molar refractivity (Wildman–Crippen MR) is 219 cm³/mol. The van der Waals surface area contributed by atoms with Crippen LogP contribution in [0.4, 0.5) is 0 Å². The topological polar surface area (TPSA) is 138 Å². The number of hydrogen-bond acceptors (Lipinski definition) is 7. The monoisotopic (exact) mass is 768 g/mol. The van der Waals surface area contributed by atoms with Crippen LogP contribution >= 0.6 is 7.14 Å². The van der Waals surface area contributed by atoms with Gasteiger partial charge in [0.05, 0.1) is 0 Å². The van der Waals surface area contributed by atoms with Crippen LogP contribution in [0.15, 0.2) is 182 Å². The lowest BCUT2D eigenvalue weighted by Crippen LogP contribution is -2.92. The fraction of sp³-hybridized carbons (Fsp3) is 0.250. The zero-order chi connectivity index (χ0) is 39.5. The summed E-state index contributed by atoms with van der Waals surface area (Å²) in [4.78, 5) is 0. The van der Waals surface area contributed by atoms with Gasteiger partial charge < -0.3 is 35.2 Å². The van der Waals surface area contributed by atoms with Gasteiger partial charge in [0.1, 0.15) is 35.7 Å². The van der Waals surface area contributed by atoms with E-state index in [1.165, 1.54) is 0 Å². The summed E-state index contributed by atoms with van der Waals surface area (Å²) in [6.45, 7) is 0. The molecule has 1 fully saturated rings. The van der Waals surface area contributed by atoms with E-state index >= 15 is 4.57 Å². The molecule has 0 saturated heterocycles. The second-order valence-corrected chi connectivity index (χ2v) is 18.6. The number of benzene rings is 6. The van der Waals surface area contributed by atoms with Crippen LogP contribution in [-0.2, 0) is 42.6 Å². The van der Waals surface area contributed by atoms with Crippen molar-refractivity contribution in [2.24, 2.45) is 0 Å². The van der Waals surface area contributed by atoms with Gasteiger partial charge in [-0.1, -0.05) is 182 Å². The second kappa shape index (κ2) is 15.7. The minimum Gasteiger partial charge on any atom is -0.386 e. The Morgan fingerprint density at radius 1 is 0.375 bits per heavy atom. The highest BCUT2D eigenvalue weighted by Gasteiger charge is 2.86. The first-order valence-corrected chi connectivity index (χ1v) is 21.1. The lowest BCUT2D eigenvalue weighted by Gasteiger charge is -2.70. The van der Waals surface area contributed by atoms with Crippen LogP contribution in [0, 0.1) is 0 Å². The predicted octanol–water partition coefficient (Wildman–Crippen LogP) is 6.71. The smallest absolute Gasteiger partial charge is 0.178 e. The Hall–Kier alpha value is -4.69. The Morgan fingerprint density at radius 3 is 0.982 bits per heavy atom. The summed E-state index contributed by atoms with van der Waals surface area (Å²) < 4.78 is 16.6. The van der Waals surface area contributed by atoms with E-state index in [0.717, 1.165) is 0 Å². The number of hydrogen-bond donors (Lipinski definition) is 6. The summed E-state index contributed by atoms with van der Waals surface area (Å²) in [6, 6.07) is 52.6. The normalized spacial score (nSPS) is 27.8. The van der Waals surface area contributed by atoms with Gasteiger partial charge in [-0.15, -0.1) is 0 Å². The van der Waals surface area contributed by atoms with Gasteiger partial charge in [-0.05, 0) is 33.4 Å². The van der Waals surface area contributed by atoms with Crippen molar-refractivity contribution in [2.75, 3.05) is 0 Å². The zero-order valence-electron chi connectivity index (χ0n) is 31.2. The minimum atomic E-state index is -4.55. The zero-order valence-corrected chi connectivity index (χ0v) is 32.1. The van der Waals surface area contributed by atoms with Crippen molar-refractivity contribution in [3.8, 4) is 0 Å². The van der Waals surface area contributed by atoms with Gasteiger partial charge in [-0.3, -0.25) is 0 Å². The third-order valence-corrected chi connectivity index (χ3v) is 15.5. The van der Waals surface area contributed by atoms with Crippen LogP contribution in [0.1, 0.15) is 33.4 Å². The average Bonchev–Trinajstić information content (AvgIpc) is 3.21. The van der Waals surface area contributed by atoms with Gasteiger partial charge in [0.15, 0.2) is 5.34 Å². The molecule has 0 bridgehead atoms. The first kappa shape index (κ1) is 39.5. The number of aliphatic hydroxyl groups excluding tert-OH is 1. The minimum absolute atomic E-state index is 0.312. The Labute approximate surface area is 328 Å². The van der Waals surface area contributed by atoms with E-state index in [-0.39, 0.29) is 12.3 Å². The third kappa shape index (κ3) is 6.78. The van der Waals surface area contributed by atoms with Crippen LogP contribution in [0.25, 0.3) is 0 Å². The van der Waals surface area contributed by atoms with Crippen molar-refractivity contribution in [3.63, 3.8) is 0 Å². The standard InChI is InChI=1S/C48H49O7P/c49-43-44(50,31-37-19-7-1-8-20-37)45(51,32-38-21-9-2-10-22-38)46(52,33-39-23-11-3-12-24-39)47(53,34-40-25-13-4-14-26-40)48(43,54)56(55,35-41-27-15-5-16-28-41)36-42-29-17-6-18-30-42/h1-30,43,49-54H,31-36H2/t43-,44-,45+,46-,47+,48+/m1/s1. The van der Waals surface area contributed by atoms with Crippen molar-refractivity contribution in [2.45, 2.75) is 71.9 Å². The van der Waals surface area contributed by atoms with E-state index < -0.39 is 66.7 Å². The highest BCUT2D eigenvalue weighted by molar-refractivity contribution is 7.64. The van der Waals surface area contributed by atoms with Gasteiger partial charge in [0.25, 0.3) is 0 Å². The molecule has 0 unspecified atom stereocenters. The Kier molecular flexibility index (Phi) is 11.1. The van der Waals surface area contributed by atoms with E-state index in [4.69, 9.17) is 0 Å². The molecule has 1 saturated carbocycles. The molecular formula is C48H49O7P. The molecule has 6 aromatic rings. The third-order valence-electron chi connectivity index (χ3n) is 11.9. The lowest BCUT2D eigenvalue weighted by molar-refractivity contribution is -0.391. The molecule has 7 nitrogen and oxygen atoms in total. The molecule has 0 radical (unpaired) electrons. The van der Waals surface area contributed by atoms with Crippen LogP contribution < -0.4 is 0 Å². The number of rotatable bonds is 13. The molecule has 8 heteroatoms. The maximum absolute atomic E-state index is 16.6. The SMILES string of the molecule is O=P(Cc1ccccc1)(Cc1ccccc1)[C@@]1(O)[C@H](O)[C@](O)(Cc2ccccc2)[C@@](O)(Cc2ccccc2)[C@](O)(Cc2ccccc2)[C@@]1(O)Cc1ccccc1. The van der Waals surface area contributed by atoms with Crippen molar-refractivity contribution < 1.29 is 35.2 Å². The molecule has 7 rings (SSSR count). The Balaban J connectivity index is 1.59. The molecule has 1 aliphatic rings. The van der Waals surface area contributed by atoms with Crippen molar-refractivity contribution in [3.05, 3.63) is 215 Å². The lowest BCUT2D eigenvalue weighted by atomic mass is 9.48. The van der Waals surface area contributed by atoms with Crippen LogP contribution in [0.2, 0.25) is 0 Å². The molecule has 0 aliphatic heterocycles. The molecule has 6 atom stereocenters. The molecule has 1 aliphatic carbocycles. The molecule has 0 amide bonds. The van der Waals surface area contributed by atoms with Gasteiger partial charge in [-0.25, -0.2) is 0 Å². The van der Waals surface area contributed by atoms with Gasteiger partial charge in [0.2, 0.25) is 0 Å². The average molecular weight is 769 g/mol. The molecule has 6 aromatic carbocycles. The van der Waals surface area contributed by atoms with E-state index in [2.05, 4.69) is 0 Å². The second-order valence-electron chi connectivity index (χ2n) is 15.5. The van der Waals surface area contributed by atoms with Gasteiger partial charge in [-0.2, -0.15) is 0 Å². The molecule has 0 spiro atoms. The fourth-order valence-electron chi connectivity index (χ4n) is 9.10. The van der Waals surface area contributed by atoms with Crippen molar-refractivity contribution in [1.29, 1.82) is 0 Å². The largest absolute Gasteiger partial charge is 0.386 e. The van der Waals surface area contributed by atoms with E-state index in [1.807, 2.05) is 12.1 Å². The van der Waals surface area contributed by atoms with Crippen LogP contribution in [0.3, 0.4) is 0 Å². The van der Waals surface area contributed by atoms with E-state index in [9.17, 15) is 30.6 Å². The quantitative estimate of drug-likeness (QED) is 0.0719.